The highest BCUT2D eigenvalue weighted by molar-refractivity contribution is 7.89. The van der Waals surface area contributed by atoms with Gasteiger partial charge in [-0.2, -0.15) is 4.31 Å². The molecule has 0 unspecified atom stereocenters. The van der Waals surface area contributed by atoms with Crippen LogP contribution in [0.25, 0.3) is 22.8 Å². The van der Waals surface area contributed by atoms with E-state index in [9.17, 15) is 8.42 Å². The lowest BCUT2D eigenvalue weighted by atomic mass is 10.2. The Morgan fingerprint density at radius 2 is 1.54 bits per heavy atom. The Hall–Kier alpha value is -2.44. The molecular formula is C20H20N2O3S. The van der Waals surface area contributed by atoms with Crippen LogP contribution in [0.15, 0.2) is 70.1 Å². The van der Waals surface area contributed by atoms with Gasteiger partial charge in [-0.15, -0.1) is 0 Å². The van der Waals surface area contributed by atoms with Crippen LogP contribution in [0.1, 0.15) is 19.3 Å². The van der Waals surface area contributed by atoms with E-state index in [-0.39, 0.29) is 0 Å². The minimum Gasteiger partial charge on any atom is -0.436 e. The average molecular weight is 368 g/mol. The summed E-state index contributed by atoms with van der Waals surface area (Å²) in [5.74, 6) is 1.16. The number of hydrogen-bond acceptors (Lipinski definition) is 4. The molecule has 0 bridgehead atoms. The lowest BCUT2D eigenvalue weighted by molar-refractivity contribution is 0.346. The van der Waals surface area contributed by atoms with E-state index in [1.807, 2.05) is 30.3 Å². The first-order valence-electron chi connectivity index (χ1n) is 8.76. The largest absolute Gasteiger partial charge is 0.436 e. The van der Waals surface area contributed by atoms with Gasteiger partial charge in [-0.25, -0.2) is 13.4 Å². The van der Waals surface area contributed by atoms with Crippen LogP contribution in [0.4, 0.5) is 0 Å². The molecule has 0 amide bonds. The van der Waals surface area contributed by atoms with Crippen molar-refractivity contribution in [3.05, 3.63) is 60.8 Å². The molecule has 0 radical (unpaired) electrons. The monoisotopic (exact) mass is 368 g/mol. The summed E-state index contributed by atoms with van der Waals surface area (Å²) >= 11 is 0. The maximum Gasteiger partial charge on any atom is 0.243 e. The fourth-order valence-corrected chi connectivity index (χ4v) is 4.68. The van der Waals surface area contributed by atoms with Crippen molar-refractivity contribution in [3.63, 3.8) is 0 Å². The summed E-state index contributed by atoms with van der Waals surface area (Å²) in [6.45, 7) is 1.20. The zero-order chi connectivity index (χ0) is 18.0. The molecule has 4 rings (SSSR count). The highest BCUT2D eigenvalue weighted by Gasteiger charge is 2.25. The van der Waals surface area contributed by atoms with Gasteiger partial charge in [0, 0.05) is 24.2 Å². The Balaban J connectivity index is 1.57. The summed E-state index contributed by atoms with van der Waals surface area (Å²) < 4.78 is 32.8. The second-order valence-electron chi connectivity index (χ2n) is 6.38. The zero-order valence-electron chi connectivity index (χ0n) is 14.3. The van der Waals surface area contributed by atoms with Gasteiger partial charge in [0.2, 0.25) is 15.9 Å². The summed E-state index contributed by atoms with van der Waals surface area (Å²) in [5, 5.41) is 0. The Bertz CT molecular complexity index is 973. The molecule has 1 fully saturated rings. The van der Waals surface area contributed by atoms with Gasteiger partial charge in [-0.1, -0.05) is 36.8 Å². The molecule has 3 aromatic rings. The van der Waals surface area contributed by atoms with E-state index < -0.39 is 10.0 Å². The summed E-state index contributed by atoms with van der Waals surface area (Å²) in [6, 6.07) is 16.5. The van der Waals surface area contributed by atoms with E-state index in [1.54, 1.807) is 34.8 Å². The Morgan fingerprint density at radius 3 is 2.23 bits per heavy atom. The highest BCUT2D eigenvalue weighted by atomic mass is 32.2. The third-order valence-corrected chi connectivity index (χ3v) is 6.53. The quantitative estimate of drug-likeness (QED) is 0.693. The topological polar surface area (TPSA) is 63.4 Å². The van der Waals surface area contributed by atoms with Gasteiger partial charge in [0.05, 0.1) is 11.1 Å². The molecule has 134 valence electrons. The van der Waals surface area contributed by atoms with Crippen molar-refractivity contribution in [2.45, 2.75) is 24.2 Å². The van der Waals surface area contributed by atoms with Crippen LogP contribution >= 0.6 is 0 Å². The van der Waals surface area contributed by atoms with Crippen LogP contribution in [0.2, 0.25) is 0 Å². The SMILES string of the molecule is O=S(=O)(c1ccc(-c2ncc(-c3ccccc3)o2)cc1)N1CCCCC1. The number of sulfonamides is 1. The van der Waals surface area contributed by atoms with Crippen molar-refractivity contribution in [1.29, 1.82) is 0 Å². The van der Waals surface area contributed by atoms with E-state index in [0.29, 0.717) is 29.6 Å². The number of benzene rings is 2. The van der Waals surface area contributed by atoms with E-state index in [4.69, 9.17) is 4.42 Å². The van der Waals surface area contributed by atoms with Crippen molar-refractivity contribution in [2.24, 2.45) is 0 Å². The van der Waals surface area contributed by atoms with Gasteiger partial charge in [-0.05, 0) is 37.1 Å². The fraction of sp³-hybridized carbons (Fsp3) is 0.250. The molecule has 1 aliphatic heterocycles. The molecule has 0 spiro atoms. The van der Waals surface area contributed by atoms with Gasteiger partial charge in [-0.3, -0.25) is 0 Å². The number of oxazole rings is 1. The summed E-state index contributed by atoms with van der Waals surface area (Å²) in [7, 11) is -3.42. The molecule has 26 heavy (non-hydrogen) atoms. The van der Waals surface area contributed by atoms with E-state index in [1.165, 1.54) is 0 Å². The van der Waals surface area contributed by atoms with E-state index in [0.717, 1.165) is 30.4 Å². The van der Waals surface area contributed by atoms with Crippen LogP contribution in [0.5, 0.6) is 0 Å². The van der Waals surface area contributed by atoms with Crippen molar-refractivity contribution in [1.82, 2.24) is 9.29 Å². The fourth-order valence-electron chi connectivity index (χ4n) is 3.17. The lowest BCUT2D eigenvalue weighted by Gasteiger charge is -2.25. The highest BCUT2D eigenvalue weighted by Crippen LogP contribution is 2.27. The summed E-state index contributed by atoms with van der Waals surface area (Å²) in [4.78, 5) is 4.64. The van der Waals surface area contributed by atoms with Gasteiger partial charge in [0.25, 0.3) is 0 Å². The van der Waals surface area contributed by atoms with Gasteiger partial charge in [0.1, 0.15) is 0 Å². The molecule has 6 heteroatoms. The number of piperidine rings is 1. The van der Waals surface area contributed by atoms with E-state index >= 15 is 0 Å². The first kappa shape index (κ1) is 17.0. The van der Waals surface area contributed by atoms with Crippen LogP contribution in [0, 0.1) is 0 Å². The minimum absolute atomic E-state index is 0.318. The lowest BCUT2D eigenvalue weighted by Crippen LogP contribution is -2.35. The Labute approximate surface area is 153 Å². The predicted molar refractivity (Wildman–Crippen MR) is 100.0 cm³/mol. The second-order valence-corrected chi connectivity index (χ2v) is 8.32. The standard InChI is InChI=1S/C20H20N2O3S/c23-26(24,22-13-5-2-6-14-22)18-11-9-17(10-12-18)20-21-15-19(25-20)16-7-3-1-4-8-16/h1,3-4,7-12,15H,2,5-6,13-14H2. The Morgan fingerprint density at radius 1 is 0.846 bits per heavy atom. The maximum absolute atomic E-state index is 12.7. The van der Waals surface area contributed by atoms with Crippen molar-refractivity contribution in [2.75, 3.05) is 13.1 Å². The molecule has 1 aliphatic rings. The molecule has 1 aromatic heterocycles. The maximum atomic E-state index is 12.7. The van der Waals surface area contributed by atoms with Crippen LogP contribution in [-0.4, -0.2) is 30.8 Å². The van der Waals surface area contributed by atoms with E-state index in [2.05, 4.69) is 4.98 Å². The Kier molecular flexibility index (Phi) is 4.61. The second kappa shape index (κ2) is 7.05. The van der Waals surface area contributed by atoms with Crippen molar-refractivity contribution < 1.29 is 12.8 Å². The number of aromatic nitrogens is 1. The smallest absolute Gasteiger partial charge is 0.243 e. The third-order valence-electron chi connectivity index (χ3n) is 4.62. The molecule has 0 N–H and O–H groups in total. The average Bonchev–Trinajstić information content (AvgIpc) is 3.20. The van der Waals surface area contributed by atoms with Gasteiger partial charge in [0.15, 0.2) is 5.76 Å². The molecule has 2 heterocycles. The number of rotatable bonds is 4. The van der Waals surface area contributed by atoms with Crippen molar-refractivity contribution in [3.8, 4) is 22.8 Å². The molecular weight excluding hydrogens is 348 g/mol. The van der Waals surface area contributed by atoms with Gasteiger partial charge >= 0.3 is 0 Å². The minimum atomic E-state index is -3.42. The normalized spacial score (nSPS) is 15.8. The first-order chi connectivity index (χ1) is 12.6. The molecule has 0 saturated carbocycles. The molecule has 0 atom stereocenters. The first-order valence-corrected chi connectivity index (χ1v) is 10.2. The van der Waals surface area contributed by atoms with Crippen LogP contribution < -0.4 is 0 Å². The molecule has 2 aromatic carbocycles. The molecule has 5 nitrogen and oxygen atoms in total. The zero-order valence-corrected chi connectivity index (χ0v) is 15.2. The van der Waals surface area contributed by atoms with Crippen LogP contribution in [0.3, 0.4) is 0 Å². The molecule has 1 saturated heterocycles. The van der Waals surface area contributed by atoms with Crippen LogP contribution in [-0.2, 0) is 10.0 Å². The number of hydrogen-bond donors (Lipinski definition) is 0. The summed E-state index contributed by atoms with van der Waals surface area (Å²) in [5.41, 5.74) is 1.71. The number of nitrogens with zero attached hydrogens (tertiary/aromatic N) is 2. The molecule has 0 aliphatic carbocycles. The van der Waals surface area contributed by atoms with Gasteiger partial charge < -0.3 is 4.42 Å². The predicted octanol–water partition coefficient (Wildman–Crippen LogP) is 4.18. The summed E-state index contributed by atoms with van der Waals surface area (Å²) in [6.07, 6.45) is 4.63. The van der Waals surface area contributed by atoms with Crippen molar-refractivity contribution >= 4 is 10.0 Å². The third kappa shape index (κ3) is 3.30.